The van der Waals surface area contributed by atoms with Crippen molar-refractivity contribution >= 4 is 10.1 Å². The molecule has 0 unspecified atom stereocenters. The minimum absolute atomic E-state index is 0.140. The van der Waals surface area contributed by atoms with Crippen molar-refractivity contribution in [2.45, 2.75) is 57.9 Å². The van der Waals surface area contributed by atoms with Crippen molar-refractivity contribution in [2.24, 2.45) is 0 Å². The summed E-state index contributed by atoms with van der Waals surface area (Å²) in [6.45, 7) is 13.7. The van der Waals surface area contributed by atoms with Gasteiger partial charge in [-0.15, -0.1) is 0 Å². The second kappa shape index (κ2) is 12.3. The van der Waals surface area contributed by atoms with Gasteiger partial charge in [0.25, 0.3) is 0 Å². The summed E-state index contributed by atoms with van der Waals surface area (Å²) in [6, 6.07) is 41.5. The van der Waals surface area contributed by atoms with Crippen LogP contribution in [0.1, 0.15) is 52.7 Å². The Morgan fingerprint density at radius 1 is 0.512 bits per heavy atom. The van der Waals surface area contributed by atoms with Crippen molar-refractivity contribution in [3.8, 4) is 0 Å². The number of alkyl halides is 3. The Balaban J connectivity index is 0.000000507. The van der Waals surface area contributed by atoms with Crippen LogP contribution in [-0.2, 0) is 20.9 Å². The maximum atomic E-state index is 10.7. The fourth-order valence-electron chi connectivity index (χ4n) is 4.24. The smallest absolute Gasteiger partial charge is 0.485 e. The molecule has 0 radical (unpaired) electrons. The molecule has 8 heteroatoms. The topological polar surface area (TPSA) is 57.2 Å². The number of halogens is 4. The van der Waals surface area contributed by atoms with E-state index in [1.54, 1.807) is 0 Å². The molecule has 0 N–H and O–H groups in total. The first-order valence-electron chi connectivity index (χ1n) is 13.0. The Kier molecular flexibility index (Phi) is 9.82. The fraction of sp³-hybridized carbons (Fsp3) is 0.273. The summed E-state index contributed by atoms with van der Waals surface area (Å²) in [4.78, 5) is 0. The predicted octanol–water partition coefficient (Wildman–Crippen LogP) is 5.27. The minimum atomic E-state index is -6.09. The summed E-state index contributed by atoms with van der Waals surface area (Å²) in [7, 11) is -6.09. The maximum Gasteiger partial charge on any atom is 0.485 e. The molecule has 0 bridgehead atoms. The Morgan fingerprint density at radius 3 is 0.976 bits per heavy atom. The van der Waals surface area contributed by atoms with Crippen LogP contribution in [0.5, 0.6) is 0 Å². The van der Waals surface area contributed by atoms with E-state index in [0.29, 0.717) is 0 Å². The van der Waals surface area contributed by atoms with Gasteiger partial charge in [-0.1, -0.05) is 0 Å². The van der Waals surface area contributed by atoms with Crippen LogP contribution in [-0.4, -0.2) is 18.5 Å². The minimum Gasteiger partial charge on any atom is -0.741 e. The molecule has 0 heterocycles. The molecule has 0 aliphatic carbocycles. The third-order valence-electron chi connectivity index (χ3n) is 6.48. The molecule has 0 amide bonds. The monoisotopic (exact) mass is 696 g/mol. The van der Waals surface area contributed by atoms with Crippen molar-refractivity contribution < 1.29 is 44.6 Å². The van der Waals surface area contributed by atoms with Crippen molar-refractivity contribution in [1.82, 2.24) is 0 Å². The first-order valence-corrected chi connectivity index (χ1v) is 18.7. The molecule has 0 saturated carbocycles. The molecule has 0 aromatic heterocycles. The summed E-state index contributed by atoms with van der Waals surface area (Å²) in [5.41, 5.74) is -2.61. The molecule has 0 atom stereocenters. The van der Waals surface area contributed by atoms with Crippen LogP contribution in [0, 0.1) is 14.3 Å². The maximum absolute atomic E-state index is 10.7. The Labute approximate surface area is 246 Å². The van der Waals surface area contributed by atoms with Crippen molar-refractivity contribution in [2.75, 3.05) is 0 Å². The molecule has 0 spiro atoms. The van der Waals surface area contributed by atoms with Gasteiger partial charge in [0.05, 0.1) is 0 Å². The van der Waals surface area contributed by atoms with Gasteiger partial charge in [-0.2, -0.15) is 13.2 Å². The molecular formula is C33H36F3IO3S. The molecule has 0 saturated heterocycles. The van der Waals surface area contributed by atoms with E-state index >= 15 is 0 Å². The van der Waals surface area contributed by atoms with Gasteiger partial charge in [0, 0.05) is 0 Å². The number of hydrogen-bond donors (Lipinski definition) is 0. The zero-order chi connectivity index (χ0) is 30.7. The van der Waals surface area contributed by atoms with Crippen LogP contribution < -0.4 is 18.4 Å². The van der Waals surface area contributed by atoms with Crippen LogP contribution in [0.25, 0.3) is 0 Å². The first kappa shape index (κ1) is 32.8. The molecule has 0 fully saturated rings. The van der Waals surface area contributed by atoms with Crippen LogP contribution in [0.4, 0.5) is 13.2 Å². The second-order valence-corrected chi connectivity index (χ2v) is 21.2. The van der Waals surface area contributed by atoms with E-state index in [9.17, 15) is 13.2 Å². The van der Waals surface area contributed by atoms with Gasteiger partial charge in [-0.25, -0.2) is 8.42 Å². The Bertz CT molecular complexity index is 1420. The second-order valence-electron chi connectivity index (χ2n) is 11.6. The van der Waals surface area contributed by atoms with Gasteiger partial charge in [0.2, 0.25) is 0 Å². The third kappa shape index (κ3) is 7.59. The van der Waals surface area contributed by atoms with E-state index in [1.165, 1.54) is 25.4 Å². The molecule has 4 aromatic carbocycles. The first-order chi connectivity index (χ1) is 18.9. The normalized spacial score (nSPS) is 13.2. The Hall–Kier alpha value is -2.69. The zero-order valence-electron chi connectivity index (χ0n) is 24.0. The van der Waals surface area contributed by atoms with Crippen molar-refractivity contribution in [3.63, 3.8) is 0 Å². The summed E-state index contributed by atoms with van der Waals surface area (Å²) in [5.74, 6) is 0. The van der Waals surface area contributed by atoms with E-state index in [2.05, 4.69) is 151 Å². The average Bonchev–Trinajstić information content (AvgIpc) is 2.89. The molecule has 41 heavy (non-hydrogen) atoms. The van der Waals surface area contributed by atoms with E-state index in [-0.39, 0.29) is 10.8 Å². The molecule has 0 aliphatic heterocycles. The number of hydrogen-bond acceptors (Lipinski definition) is 3. The molecule has 4 aromatic rings. The van der Waals surface area contributed by atoms with Gasteiger partial charge in [-0.05, 0) is 0 Å². The summed E-state index contributed by atoms with van der Waals surface area (Å²) in [6.07, 6.45) is 0. The van der Waals surface area contributed by atoms with E-state index < -0.39 is 34.1 Å². The molecule has 0 aliphatic rings. The summed E-state index contributed by atoms with van der Waals surface area (Å²) >= 11 is -3.08. The van der Waals surface area contributed by atoms with Crippen LogP contribution in [0.2, 0.25) is 0 Å². The van der Waals surface area contributed by atoms with E-state index in [0.717, 1.165) is 0 Å². The average molecular weight is 697 g/mol. The van der Waals surface area contributed by atoms with Crippen LogP contribution in [0.3, 0.4) is 0 Å². The Morgan fingerprint density at radius 2 is 0.756 bits per heavy atom. The molecule has 3 nitrogen and oxygen atoms in total. The van der Waals surface area contributed by atoms with Gasteiger partial charge >= 0.3 is 211 Å². The van der Waals surface area contributed by atoms with Crippen LogP contribution in [0.15, 0.2) is 109 Å². The van der Waals surface area contributed by atoms with Gasteiger partial charge in [0.1, 0.15) is 0 Å². The van der Waals surface area contributed by atoms with Gasteiger partial charge < -0.3 is 4.55 Å². The van der Waals surface area contributed by atoms with E-state index in [1.807, 2.05) is 0 Å². The third-order valence-corrected chi connectivity index (χ3v) is 17.4. The number of rotatable bonds is 4. The molecule has 220 valence electrons. The zero-order valence-corrected chi connectivity index (χ0v) is 27.0. The standard InChI is InChI=1S/C32H36I.CHF3O3S/c1-31(2,3)25-17-21-29(22-18-25)33(27-13-9-7-10-14-27,28-15-11-8-12-16-28)30-23-19-26(20-24-30)32(4,5)6;2-1(3,4)8(5,6)7/h7-24H,1-6H3;(H,5,6,7)/q+1;/p-1. The van der Waals surface area contributed by atoms with E-state index in [4.69, 9.17) is 13.0 Å². The largest absolute Gasteiger partial charge is 0.741 e. The predicted molar refractivity (Wildman–Crippen MR) is 154 cm³/mol. The quantitative estimate of drug-likeness (QED) is 0.166. The van der Waals surface area contributed by atoms with Crippen molar-refractivity contribution in [3.05, 3.63) is 135 Å². The fourth-order valence-corrected chi connectivity index (χ4v) is 14.4. The van der Waals surface area contributed by atoms with Crippen molar-refractivity contribution in [1.29, 1.82) is 0 Å². The summed E-state index contributed by atoms with van der Waals surface area (Å²) in [5, 5.41) is 0. The SMILES string of the molecule is CC(C)(C)c1ccc([I+](c2ccccc2)(c2ccccc2)c2ccc(C(C)(C)C)cc2)cc1.O=S(=O)([O-])C(F)(F)F. The van der Waals surface area contributed by atoms with Crippen LogP contribution >= 0.6 is 0 Å². The van der Waals surface area contributed by atoms with Gasteiger partial charge in [0.15, 0.2) is 10.1 Å². The number of benzene rings is 4. The molecule has 4 rings (SSSR count). The molecular weight excluding hydrogens is 660 g/mol. The summed E-state index contributed by atoms with van der Waals surface area (Å²) < 4.78 is 64.8. The van der Waals surface area contributed by atoms with Gasteiger partial charge in [-0.3, -0.25) is 0 Å².